The summed E-state index contributed by atoms with van der Waals surface area (Å²) < 4.78 is 23.0. The molecule has 2 aliphatic rings. The van der Waals surface area contributed by atoms with E-state index in [0.717, 1.165) is 96.3 Å². The molecule has 0 bridgehead atoms. The predicted octanol–water partition coefficient (Wildman–Crippen LogP) is 16.4. The van der Waals surface area contributed by atoms with Crippen molar-refractivity contribution in [2.75, 3.05) is 19.8 Å². The van der Waals surface area contributed by atoms with Crippen LogP contribution in [0.4, 0.5) is 0 Å². The number of carbonyl (C=O) groups excluding carboxylic acids is 1. The van der Waals surface area contributed by atoms with Gasteiger partial charge in [-0.1, -0.05) is 317 Å². The van der Waals surface area contributed by atoms with Gasteiger partial charge >= 0.3 is 0 Å². The van der Waals surface area contributed by atoms with Crippen LogP contribution in [0.2, 0.25) is 0 Å². The highest BCUT2D eigenvalue weighted by atomic mass is 16.7. The number of aliphatic hydroxyl groups excluding tert-OH is 8. The molecule has 12 unspecified atom stereocenters. The number of hydrogen-bond donors (Lipinski definition) is 9. The van der Waals surface area contributed by atoms with Gasteiger partial charge in [-0.25, -0.2) is 0 Å². The minimum Gasteiger partial charge on any atom is -0.394 e. The topological polar surface area (TPSA) is 228 Å². The summed E-state index contributed by atoms with van der Waals surface area (Å²) in [6, 6.07) is -0.840. The fourth-order valence-corrected chi connectivity index (χ4v) is 12.2. The summed E-state index contributed by atoms with van der Waals surface area (Å²) in [6.45, 7) is 2.78. The lowest BCUT2D eigenvalue weighted by atomic mass is 9.97. The highest BCUT2D eigenvalue weighted by molar-refractivity contribution is 5.76. The van der Waals surface area contributed by atoms with Gasteiger partial charge in [0.15, 0.2) is 12.6 Å². The first kappa shape index (κ1) is 85.3. The van der Waals surface area contributed by atoms with Crippen LogP contribution >= 0.6 is 0 Å². The maximum Gasteiger partial charge on any atom is 0.220 e. The van der Waals surface area contributed by atoms with Gasteiger partial charge in [0.25, 0.3) is 0 Å². The number of ether oxygens (including phenoxy) is 4. The normalized spacial score (nSPS) is 23.2. The average Bonchev–Trinajstić information content (AvgIpc) is 0.844. The van der Waals surface area contributed by atoms with Crippen LogP contribution in [-0.4, -0.2) is 140 Å². The average molecular weight is 1300 g/mol. The Bertz CT molecular complexity index is 1870. The van der Waals surface area contributed by atoms with Crippen molar-refractivity contribution in [3.8, 4) is 0 Å². The molecule has 2 saturated heterocycles. The van der Waals surface area contributed by atoms with Gasteiger partial charge in [-0.3, -0.25) is 4.79 Å². The van der Waals surface area contributed by atoms with Gasteiger partial charge in [0.2, 0.25) is 5.91 Å². The summed E-state index contributed by atoms with van der Waals surface area (Å²) in [6.07, 6.45) is 68.8. The van der Waals surface area contributed by atoms with Crippen LogP contribution in [0, 0.1) is 0 Å². The number of allylic oxidation sites excluding steroid dienone is 14. The van der Waals surface area contributed by atoms with Gasteiger partial charge in [-0.05, 0) is 70.6 Å². The van der Waals surface area contributed by atoms with Crippen LogP contribution in [0.25, 0.3) is 0 Å². The summed E-state index contributed by atoms with van der Waals surface area (Å²) in [5.74, 6) is -0.212. The molecule has 12 atom stereocenters. The van der Waals surface area contributed by atoms with Gasteiger partial charge in [-0.2, -0.15) is 0 Å². The Labute approximate surface area is 561 Å². The molecular weight excluding hydrogens is 1160 g/mol. The summed E-state index contributed by atoms with van der Waals surface area (Å²) in [5.41, 5.74) is 0. The van der Waals surface area contributed by atoms with Crippen LogP contribution < -0.4 is 5.32 Å². The second-order valence-electron chi connectivity index (χ2n) is 26.4. The van der Waals surface area contributed by atoms with Gasteiger partial charge < -0.3 is 65.1 Å². The Hall–Kier alpha value is -2.83. The second kappa shape index (κ2) is 61.7. The first-order chi connectivity index (χ1) is 45.1. The third-order valence-electron chi connectivity index (χ3n) is 18.1. The van der Waals surface area contributed by atoms with Crippen molar-refractivity contribution < 1.29 is 64.6 Å². The van der Waals surface area contributed by atoms with E-state index in [1.165, 1.54) is 180 Å². The number of rotatable bonds is 62. The Morgan fingerprint density at radius 2 is 0.750 bits per heavy atom. The zero-order valence-electron chi connectivity index (χ0n) is 58.3. The van der Waals surface area contributed by atoms with Crippen LogP contribution in [0.5, 0.6) is 0 Å². The summed E-state index contributed by atoms with van der Waals surface area (Å²) in [4.78, 5) is 13.4. The van der Waals surface area contributed by atoms with Crippen LogP contribution in [0.15, 0.2) is 85.1 Å². The maximum absolute atomic E-state index is 13.4. The summed E-state index contributed by atoms with van der Waals surface area (Å²) >= 11 is 0. The monoisotopic (exact) mass is 1300 g/mol. The van der Waals surface area contributed by atoms with E-state index in [1.807, 2.05) is 0 Å². The molecule has 0 aromatic heterocycles. The van der Waals surface area contributed by atoms with Crippen molar-refractivity contribution in [3.05, 3.63) is 85.1 Å². The molecule has 0 spiro atoms. The number of hydrogen-bond acceptors (Lipinski definition) is 13. The van der Waals surface area contributed by atoms with Crippen molar-refractivity contribution in [2.45, 2.75) is 383 Å². The minimum atomic E-state index is -1.79. The zero-order chi connectivity index (χ0) is 66.6. The third kappa shape index (κ3) is 44.8. The predicted molar refractivity (Wildman–Crippen MR) is 378 cm³/mol. The Balaban J connectivity index is 1.65. The molecule has 0 aliphatic carbocycles. The van der Waals surface area contributed by atoms with E-state index in [0.29, 0.717) is 19.3 Å². The van der Waals surface area contributed by atoms with Gasteiger partial charge in [-0.15, -0.1) is 0 Å². The largest absolute Gasteiger partial charge is 0.394 e. The zero-order valence-corrected chi connectivity index (χ0v) is 58.3. The molecule has 0 aromatic rings. The number of aliphatic hydroxyl groups is 8. The van der Waals surface area contributed by atoms with E-state index >= 15 is 0 Å². The maximum atomic E-state index is 13.4. The summed E-state index contributed by atoms with van der Waals surface area (Å²) in [7, 11) is 0. The molecule has 2 fully saturated rings. The van der Waals surface area contributed by atoms with Crippen molar-refractivity contribution in [3.63, 3.8) is 0 Å². The molecule has 1 amide bonds. The number of nitrogens with one attached hydrogen (secondary N) is 1. The van der Waals surface area contributed by atoms with E-state index in [-0.39, 0.29) is 12.5 Å². The molecule has 0 aromatic carbocycles. The number of unbranched alkanes of at least 4 members (excludes halogenated alkanes) is 35. The number of carbonyl (C=O) groups is 1. The van der Waals surface area contributed by atoms with E-state index in [2.05, 4.69) is 104 Å². The van der Waals surface area contributed by atoms with E-state index < -0.39 is 86.8 Å². The molecule has 2 heterocycles. The third-order valence-corrected chi connectivity index (χ3v) is 18.1. The standard InChI is InChI=1S/C78H139NO13/c1-3-5-7-9-11-13-15-17-19-21-23-25-27-29-31-32-33-34-36-38-40-42-44-46-48-50-52-54-56-58-60-62-70(83)79-66(65-89-77-75(88)73(86)76(69(64-81)91-77)92-78-74(87)72(85)71(84)68(63-80)90-78)67(82)61-59-57-55-53-51-49-47-45-43-41-39-37-35-30-28-26-24-22-20-18-16-14-12-10-8-6-4-2/h5,7,11,13,17,19,23,25,29,31,33-34,38,40,66-69,71-78,80-82,84-88H,3-4,6,8-10,12,14-16,18,20-22,24,26-28,30,32,35-37,39,41-65H2,1-2H3,(H,79,83)/b7-5-,13-11-,19-17-,25-23-,31-29-,34-33-,40-38-. The van der Waals surface area contributed by atoms with Crippen LogP contribution in [0.1, 0.15) is 309 Å². The second-order valence-corrected chi connectivity index (χ2v) is 26.4. The molecule has 2 rings (SSSR count). The summed E-state index contributed by atoms with van der Waals surface area (Å²) in [5, 5.41) is 87.8. The van der Waals surface area contributed by atoms with Gasteiger partial charge in [0, 0.05) is 6.42 Å². The first-order valence-corrected chi connectivity index (χ1v) is 37.8. The fourth-order valence-electron chi connectivity index (χ4n) is 12.2. The molecule has 0 radical (unpaired) electrons. The minimum absolute atomic E-state index is 0.212. The molecule has 92 heavy (non-hydrogen) atoms. The molecule has 9 N–H and O–H groups in total. The Morgan fingerprint density at radius 3 is 1.15 bits per heavy atom. The Morgan fingerprint density at radius 1 is 0.402 bits per heavy atom. The molecule has 534 valence electrons. The van der Waals surface area contributed by atoms with Crippen LogP contribution in [-0.2, 0) is 23.7 Å². The smallest absolute Gasteiger partial charge is 0.220 e. The lowest BCUT2D eigenvalue weighted by Gasteiger charge is -2.46. The molecule has 0 saturated carbocycles. The first-order valence-electron chi connectivity index (χ1n) is 37.8. The molecule has 14 nitrogen and oxygen atoms in total. The van der Waals surface area contributed by atoms with Crippen molar-refractivity contribution in [2.24, 2.45) is 0 Å². The fraction of sp³-hybridized carbons (Fsp3) is 0.808. The lowest BCUT2D eigenvalue weighted by Crippen LogP contribution is -2.65. The quantitative estimate of drug-likeness (QED) is 0.0204. The van der Waals surface area contributed by atoms with E-state index in [1.54, 1.807) is 0 Å². The van der Waals surface area contributed by atoms with Gasteiger partial charge in [0.05, 0.1) is 32.0 Å². The van der Waals surface area contributed by atoms with Crippen LogP contribution in [0.3, 0.4) is 0 Å². The molecule has 14 heteroatoms. The SMILES string of the molecule is CC/C=C\C/C=C\C/C=C\C/C=C\C/C=C\C/C=C\C/C=C\CCCCCCCCCCCC(=O)NC(COC1OC(CO)C(OC2OC(CO)C(O)C(O)C2O)C(O)C1O)C(O)CCCCCCCCCCCCCCCCCCCCCCCCCCCCC. The van der Waals surface area contributed by atoms with E-state index in [4.69, 9.17) is 18.9 Å². The molecule has 2 aliphatic heterocycles. The molecular formula is C78H139NO13. The van der Waals surface area contributed by atoms with Crippen molar-refractivity contribution >= 4 is 5.91 Å². The van der Waals surface area contributed by atoms with Crippen molar-refractivity contribution in [1.82, 2.24) is 5.32 Å². The highest BCUT2D eigenvalue weighted by Crippen LogP contribution is 2.30. The van der Waals surface area contributed by atoms with E-state index in [9.17, 15) is 45.6 Å². The lowest BCUT2D eigenvalue weighted by molar-refractivity contribution is -0.359. The number of amides is 1. The highest BCUT2D eigenvalue weighted by Gasteiger charge is 2.51. The van der Waals surface area contributed by atoms with Gasteiger partial charge in [0.1, 0.15) is 48.8 Å². The Kier molecular flexibility index (Phi) is 57.2. The van der Waals surface area contributed by atoms with Crippen molar-refractivity contribution in [1.29, 1.82) is 0 Å².